The van der Waals surface area contributed by atoms with Crippen molar-refractivity contribution in [1.82, 2.24) is 4.90 Å². The summed E-state index contributed by atoms with van der Waals surface area (Å²) in [6.45, 7) is 3.17. The van der Waals surface area contributed by atoms with E-state index in [-0.39, 0.29) is 5.92 Å². The van der Waals surface area contributed by atoms with Crippen LogP contribution in [0.4, 0.5) is 0 Å². The molecule has 0 aromatic carbocycles. The summed E-state index contributed by atoms with van der Waals surface area (Å²) in [7, 11) is 0. The number of nitrogens with two attached hydrogens (primary N) is 1. The van der Waals surface area contributed by atoms with Gasteiger partial charge >= 0.3 is 0 Å². The summed E-state index contributed by atoms with van der Waals surface area (Å²) in [5.41, 5.74) is 5.82. The highest BCUT2D eigenvalue weighted by Gasteiger charge is 2.28. The van der Waals surface area contributed by atoms with Gasteiger partial charge in [-0.05, 0) is 25.7 Å². The molecule has 0 saturated carbocycles. The first-order valence-electron chi connectivity index (χ1n) is 5.89. The zero-order valence-electron chi connectivity index (χ0n) is 9.15. The number of nitrogens with zero attached hydrogens (tertiary/aromatic N) is 1. The number of hydrogen-bond acceptors (Lipinski definition) is 3. The molecular weight excluding hydrogens is 192 g/mol. The fraction of sp³-hybridized carbons (Fsp3) is 0.909. The molecule has 0 aromatic heterocycles. The van der Waals surface area contributed by atoms with Crippen LogP contribution in [-0.4, -0.2) is 43.2 Å². The number of piperidine rings is 1. The SMILES string of the molecule is NC1CCN(C(=O)C2CCOCC2)CC1. The molecule has 15 heavy (non-hydrogen) atoms. The Hall–Kier alpha value is -0.610. The standard InChI is InChI=1S/C11H20N2O2/c12-10-1-5-13(6-2-10)11(14)9-3-7-15-8-4-9/h9-10H,1-8,12H2. The Morgan fingerprint density at radius 3 is 2.33 bits per heavy atom. The Bertz CT molecular complexity index is 219. The molecular formula is C11H20N2O2. The lowest BCUT2D eigenvalue weighted by atomic mass is 9.96. The third kappa shape index (κ3) is 2.69. The molecule has 4 nitrogen and oxygen atoms in total. The molecule has 0 unspecified atom stereocenters. The van der Waals surface area contributed by atoms with Crippen LogP contribution in [0.25, 0.3) is 0 Å². The fourth-order valence-corrected chi connectivity index (χ4v) is 2.32. The van der Waals surface area contributed by atoms with Gasteiger partial charge in [0.05, 0.1) is 0 Å². The van der Waals surface area contributed by atoms with Gasteiger partial charge in [0.2, 0.25) is 5.91 Å². The number of ether oxygens (including phenoxy) is 1. The molecule has 4 heteroatoms. The molecule has 86 valence electrons. The van der Waals surface area contributed by atoms with Crippen LogP contribution in [0, 0.1) is 5.92 Å². The maximum absolute atomic E-state index is 12.1. The van der Waals surface area contributed by atoms with E-state index in [1.807, 2.05) is 4.90 Å². The van der Waals surface area contributed by atoms with E-state index in [1.165, 1.54) is 0 Å². The molecule has 0 spiro atoms. The highest BCUT2D eigenvalue weighted by molar-refractivity contribution is 5.79. The zero-order valence-corrected chi connectivity index (χ0v) is 9.15. The number of likely N-dealkylation sites (tertiary alicyclic amines) is 1. The second kappa shape index (κ2) is 4.94. The van der Waals surface area contributed by atoms with Crippen molar-refractivity contribution in [2.24, 2.45) is 11.7 Å². The Balaban J connectivity index is 1.84. The molecule has 2 rings (SSSR count). The summed E-state index contributed by atoms with van der Waals surface area (Å²) < 4.78 is 5.26. The van der Waals surface area contributed by atoms with Crippen LogP contribution in [0.15, 0.2) is 0 Å². The number of rotatable bonds is 1. The monoisotopic (exact) mass is 212 g/mol. The summed E-state index contributed by atoms with van der Waals surface area (Å²) >= 11 is 0. The first kappa shape index (κ1) is 10.9. The summed E-state index contributed by atoms with van der Waals surface area (Å²) in [6, 6.07) is 0.295. The van der Waals surface area contributed by atoms with Gasteiger partial charge in [0.25, 0.3) is 0 Å². The van der Waals surface area contributed by atoms with Gasteiger partial charge in [-0.2, -0.15) is 0 Å². The molecule has 2 aliphatic rings. The van der Waals surface area contributed by atoms with Gasteiger partial charge in [0, 0.05) is 38.3 Å². The van der Waals surface area contributed by atoms with Crippen molar-refractivity contribution < 1.29 is 9.53 Å². The van der Waals surface area contributed by atoms with E-state index in [0.717, 1.165) is 52.0 Å². The summed E-state index contributed by atoms with van der Waals surface area (Å²) in [6.07, 6.45) is 3.69. The van der Waals surface area contributed by atoms with Gasteiger partial charge in [-0.25, -0.2) is 0 Å². The van der Waals surface area contributed by atoms with Crippen molar-refractivity contribution in [3.8, 4) is 0 Å². The predicted octanol–water partition coefficient (Wildman–Crippen LogP) is 0.363. The molecule has 2 fully saturated rings. The van der Waals surface area contributed by atoms with E-state index >= 15 is 0 Å². The Labute approximate surface area is 90.8 Å². The Kier molecular flexibility index (Phi) is 3.59. The van der Waals surface area contributed by atoms with Crippen LogP contribution in [0.2, 0.25) is 0 Å². The van der Waals surface area contributed by atoms with E-state index in [0.29, 0.717) is 11.9 Å². The van der Waals surface area contributed by atoms with Crippen molar-refractivity contribution in [3.05, 3.63) is 0 Å². The molecule has 0 atom stereocenters. The number of carbonyl (C=O) groups excluding carboxylic acids is 1. The average molecular weight is 212 g/mol. The molecule has 2 aliphatic heterocycles. The molecule has 2 heterocycles. The smallest absolute Gasteiger partial charge is 0.225 e. The second-order valence-electron chi connectivity index (χ2n) is 4.55. The zero-order chi connectivity index (χ0) is 10.7. The first-order chi connectivity index (χ1) is 7.27. The van der Waals surface area contributed by atoms with Crippen LogP contribution in [-0.2, 0) is 9.53 Å². The predicted molar refractivity (Wildman–Crippen MR) is 57.3 cm³/mol. The highest BCUT2D eigenvalue weighted by Crippen LogP contribution is 2.19. The summed E-state index contributed by atoms with van der Waals surface area (Å²) in [5, 5.41) is 0. The van der Waals surface area contributed by atoms with E-state index < -0.39 is 0 Å². The van der Waals surface area contributed by atoms with Crippen LogP contribution >= 0.6 is 0 Å². The minimum atomic E-state index is 0.202. The lowest BCUT2D eigenvalue weighted by Crippen LogP contribution is -2.46. The van der Waals surface area contributed by atoms with Gasteiger partial charge in [-0.15, -0.1) is 0 Å². The molecule has 2 saturated heterocycles. The lowest BCUT2D eigenvalue weighted by Gasteiger charge is -2.34. The van der Waals surface area contributed by atoms with E-state index in [1.54, 1.807) is 0 Å². The van der Waals surface area contributed by atoms with E-state index in [4.69, 9.17) is 10.5 Å². The largest absolute Gasteiger partial charge is 0.381 e. The third-order valence-corrected chi connectivity index (χ3v) is 3.42. The first-order valence-corrected chi connectivity index (χ1v) is 5.89. The van der Waals surface area contributed by atoms with Crippen LogP contribution < -0.4 is 5.73 Å². The molecule has 2 N–H and O–H groups in total. The van der Waals surface area contributed by atoms with Crippen molar-refractivity contribution in [2.75, 3.05) is 26.3 Å². The van der Waals surface area contributed by atoms with Crippen LogP contribution in [0.1, 0.15) is 25.7 Å². The molecule has 0 radical (unpaired) electrons. The lowest BCUT2D eigenvalue weighted by molar-refractivity contribution is -0.139. The minimum absolute atomic E-state index is 0.202. The fourth-order valence-electron chi connectivity index (χ4n) is 2.32. The van der Waals surface area contributed by atoms with Crippen LogP contribution in [0.5, 0.6) is 0 Å². The van der Waals surface area contributed by atoms with Gasteiger partial charge in [-0.3, -0.25) is 4.79 Å². The van der Waals surface area contributed by atoms with Gasteiger partial charge in [0.1, 0.15) is 0 Å². The van der Waals surface area contributed by atoms with Crippen molar-refractivity contribution in [3.63, 3.8) is 0 Å². The van der Waals surface area contributed by atoms with Gasteiger partial charge in [0.15, 0.2) is 0 Å². The maximum Gasteiger partial charge on any atom is 0.225 e. The Morgan fingerprint density at radius 2 is 1.73 bits per heavy atom. The number of carbonyl (C=O) groups is 1. The average Bonchev–Trinajstić information content (AvgIpc) is 2.30. The molecule has 1 amide bonds. The minimum Gasteiger partial charge on any atom is -0.381 e. The summed E-state index contributed by atoms with van der Waals surface area (Å²) in [4.78, 5) is 14.1. The molecule has 0 bridgehead atoms. The third-order valence-electron chi connectivity index (χ3n) is 3.42. The quantitative estimate of drug-likeness (QED) is 0.683. The number of amides is 1. The topological polar surface area (TPSA) is 55.6 Å². The maximum atomic E-state index is 12.1. The van der Waals surface area contributed by atoms with Crippen molar-refractivity contribution >= 4 is 5.91 Å². The normalized spacial score (nSPS) is 25.5. The molecule has 0 aliphatic carbocycles. The highest BCUT2D eigenvalue weighted by atomic mass is 16.5. The Morgan fingerprint density at radius 1 is 1.13 bits per heavy atom. The number of hydrogen-bond donors (Lipinski definition) is 1. The van der Waals surface area contributed by atoms with Crippen LogP contribution in [0.3, 0.4) is 0 Å². The van der Waals surface area contributed by atoms with E-state index in [2.05, 4.69) is 0 Å². The second-order valence-corrected chi connectivity index (χ2v) is 4.55. The van der Waals surface area contributed by atoms with Gasteiger partial charge < -0.3 is 15.4 Å². The summed E-state index contributed by atoms with van der Waals surface area (Å²) in [5.74, 6) is 0.526. The van der Waals surface area contributed by atoms with Crippen molar-refractivity contribution in [1.29, 1.82) is 0 Å². The van der Waals surface area contributed by atoms with Gasteiger partial charge in [-0.1, -0.05) is 0 Å². The van der Waals surface area contributed by atoms with Crippen molar-refractivity contribution in [2.45, 2.75) is 31.7 Å². The molecule has 0 aromatic rings. The van der Waals surface area contributed by atoms with E-state index in [9.17, 15) is 4.79 Å².